The Kier molecular flexibility index (Phi) is 5.32. The lowest BCUT2D eigenvalue weighted by atomic mass is 10.1. The van der Waals surface area contributed by atoms with E-state index in [1.54, 1.807) is 18.2 Å². The van der Waals surface area contributed by atoms with E-state index < -0.39 is 0 Å². The highest BCUT2D eigenvalue weighted by atomic mass is 16.2. The van der Waals surface area contributed by atoms with Crippen molar-refractivity contribution < 1.29 is 4.79 Å². The van der Waals surface area contributed by atoms with Crippen molar-refractivity contribution in [3.63, 3.8) is 0 Å². The number of aryl methyl sites for hydroxylation is 1. The summed E-state index contributed by atoms with van der Waals surface area (Å²) < 4.78 is 0. The Labute approximate surface area is 148 Å². The average Bonchev–Trinajstić information content (AvgIpc) is 2.63. The highest BCUT2D eigenvalue weighted by molar-refractivity contribution is 5.93. The number of piperazine rings is 1. The number of nitrogens with zero attached hydrogens (tertiary/aromatic N) is 3. The van der Waals surface area contributed by atoms with Crippen molar-refractivity contribution in [1.82, 2.24) is 4.90 Å². The van der Waals surface area contributed by atoms with Crippen molar-refractivity contribution >= 4 is 17.3 Å². The van der Waals surface area contributed by atoms with Gasteiger partial charge in [-0.1, -0.05) is 30.3 Å². The predicted octanol–water partition coefficient (Wildman–Crippen LogP) is 2.63. The van der Waals surface area contributed by atoms with E-state index >= 15 is 0 Å². The Morgan fingerprint density at radius 3 is 2.48 bits per heavy atom. The van der Waals surface area contributed by atoms with Gasteiger partial charge in [0.15, 0.2) is 0 Å². The molecule has 1 heterocycles. The van der Waals surface area contributed by atoms with E-state index in [4.69, 9.17) is 5.26 Å². The minimum absolute atomic E-state index is 0.0768. The molecule has 0 saturated carbocycles. The fraction of sp³-hybridized carbons (Fsp3) is 0.300. The molecule has 128 valence electrons. The lowest BCUT2D eigenvalue weighted by molar-refractivity contribution is -0.117. The molecule has 1 N–H and O–H groups in total. The summed E-state index contributed by atoms with van der Waals surface area (Å²) in [7, 11) is 0. The number of benzene rings is 2. The van der Waals surface area contributed by atoms with Gasteiger partial charge in [-0.2, -0.15) is 5.26 Å². The molecule has 2 aromatic rings. The topological polar surface area (TPSA) is 59.4 Å². The van der Waals surface area contributed by atoms with Gasteiger partial charge in [-0.3, -0.25) is 9.69 Å². The first-order chi connectivity index (χ1) is 12.2. The first kappa shape index (κ1) is 17.0. The lowest BCUT2D eigenvalue weighted by Crippen LogP contribution is -2.48. The van der Waals surface area contributed by atoms with Crippen LogP contribution in [0.5, 0.6) is 0 Å². The van der Waals surface area contributed by atoms with Crippen LogP contribution >= 0.6 is 0 Å². The predicted molar refractivity (Wildman–Crippen MR) is 99.6 cm³/mol. The van der Waals surface area contributed by atoms with E-state index in [0.717, 1.165) is 26.2 Å². The third-order valence-corrected chi connectivity index (χ3v) is 4.52. The monoisotopic (exact) mass is 334 g/mol. The molecule has 5 heteroatoms. The summed E-state index contributed by atoms with van der Waals surface area (Å²) in [5.41, 5.74) is 3.62. The average molecular weight is 334 g/mol. The molecule has 1 saturated heterocycles. The molecule has 5 nitrogen and oxygen atoms in total. The molecule has 0 aromatic heterocycles. The normalized spacial score (nSPS) is 14.8. The van der Waals surface area contributed by atoms with Crippen molar-refractivity contribution in [2.24, 2.45) is 0 Å². The number of nitriles is 1. The maximum Gasteiger partial charge on any atom is 0.238 e. The molecular weight excluding hydrogens is 312 g/mol. The first-order valence-corrected chi connectivity index (χ1v) is 8.49. The van der Waals surface area contributed by atoms with Crippen LogP contribution in [0, 0.1) is 18.3 Å². The summed E-state index contributed by atoms with van der Waals surface area (Å²) >= 11 is 0. The van der Waals surface area contributed by atoms with Gasteiger partial charge >= 0.3 is 0 Å². The highest BCUT2D eigenvalue weighted by Crippen LogP contribution is 2.20. The van der Waals surface area contributed by atoms with Crippen molar-refractivity contribution in [2.75, 3.05) is 42.9 Å². The first-order valence-electron chi connectivity index (χ1n) is 8.49. The Bertz CT molecular complexity index is 788. The molecule has 0 spiro atoms. The summed E-state index contributed by atoms with van der Waals surface area (Å²) in [5.74, 6) is -0.0768. The number of nitrogens with one attached hydrogen (secondary N) is 1. The van der Waals surface area contributed by atoms with Crippen molar-refractivity contribution in [3.8, 4) is 6.07 Å². The Balaban J connectivity index is 1.53. The van der Waals surface area contributed by atoms with Crippen molar-refractivity contribution in [3.05, 3.63) is 59.7 Å². The molecule has 1 aliphatic rings. The third-order valence-electron chi connectivity index (χ3n) is 4.52. The SMILES string of the molecule is Cc1ccccc1N1CCN(CC(=O)Nc2ccccc2C#N)CC1. The van der Waals surface area contributed by atoms with Gasteiger partial charge in [0.1, 0.15) is 6.07 Å². The third kappa shape index (κ3) is 4.17. The second-order valence-electron chi connectivity index (χ2n) is 6.26. The van der Waals surface area contributed by atoms with Crippen LogP contribution in [0.15, 0.2) is 48.5 Å². The van der Waals surface area contributed by atoms with E-state index in [9.17, 15) is 4.79 Å². The maximum absolute atomic E-state index is 12.3. The molecule has 0 aliphatic carbocycles. The quantitative estimate of drug-likeness (QED) is 0.934. The minimum Gasteiger partial charge on any atom is -0.369 e. The number of anilines is 2. The van der Waals surface area contributed by atoms with Gasteiger partial charge in [-0.25, -0.2) is 0 Å². The van der Waals surface area contributed by atoms with Crippen LogP contribution in [-0.4, -0.2) is 43.5 Å². The second kappa shape index (κ2) is 7.82. The summed E-state index contributed by atoms with van der Waals surface area (Å²) in [5, 5.41) is 11.9. The van der Waals surface area contributed by atoms with Gasteiger partial charge < -0.3 is 10.2 Å². The summed E-state index contributed by atoms with van der Waals surface area (Å²) in [6, 6.07) is 17.6. The molecule has 0 unspecified atom stereocenters. The van der Waals surface area contributed by atoms with Gasteiger partial charge in [-0.15, -0.1) is 0 Å². The number of amides is 1. The summed E-state index contributed by atoms with van der Waals surface area (Å²) in [6.07, 6.45) is 0. The molecule has 1 fully saturated rings. The van der Waals surface area contributed by atoms with E-state index in [2.05, 4.69) is 52.4 Å². The maximum atomic E-state index is 12.3. The van der Waals surface area contributed by atoms with E-state index in [1.165, 1.54) is 11.3 Å². The van der Waals surface area contributed by atoms with E-state index in [1.807, 2.05) is 6.07 Å². The molecule has 3 rings (SSSR count). The second-order valence-corrected chi connectivity index (χ2v) is 6.26. The lowest BCUT2D eigenvalue weighted by Gasteiger charge is -2.36. The highest BCUT2D eigenvalue weighted by Gasteiger charge is 2.20. The molecule has 1 aliphatic heterocycles. The van der Waals surface area contributed by atoms with Crippen LogP contribution in [0.25, 0.3) is 0 Å². The zero-order valence-corrected chi connectivity index (χ0v) is 14.4. The van der Waals surface area contributed by atoms with Crippen LogP contribution < -0.4 is 10.2 Å². The molecule has 0 radical (unpaired) electrons. The standard InChI is InChI=1S/C20H22N4O/c1-16-6-2-5-9-19(16)24-12-10-23(11-13-24)15-20(25)22-18-8-4-3-7-17(18)14-21/h2-9H,10-13,15H2,1H3,(H,22,25). The van der Waals surface area contributed by atoms with Crippen molar-refractivity contribution in [2.45, 2.75) is 6.92 Å². The van der Waals surface area contributed by atoms with Gasteiger partial charge in [0, 0.05) is 31.9 Å². The van der Waals surface area contributed by atoms with E-state index in [0.29, 0.717) is 17.8 Å². The van der Waals surface area contributed by atoms with Crippen LogP contribution in [-0.2, 0) is 4.79 Å². The molecule has 2 aromatic carbocycles. The molecule has 25 heavy (non-hydrogen) atoms. The van der Waals surface area contributed by atoms with Crippen LogP contribution in [0.1, 0.15) is 11.1 Å². The van der Waals surface area contributed by atoms with Crippen molar-refractivity contribution in [1.29, 1.82) is 5.26 Å². The molecule has 1 amide bonds. The molecule has 0 bridgehead atoms. The summed E-state index contributed by atoms with van der Waals surface area (Å²) in [6.45, 7) is 5.99. The molecular formula is C20H22N4O. The summed E-state index contributed by atoms with van der Waals surface area (Å²) in [4.78, 5) is 16.8. The number of hydrogen-bond donors (Lipinski definition) is 1. The Morgan fingerprint density at radius 2 is 1.76 bits per heavy atom. The fourth-order valence-corrected chi connectivity index (χ4v) is 3.15. The number of carbonyl (C=O) groups excluding carboxylic acids is 1. The number of carbonyl (C=O) groups is 1. The number of rotatable bonds is 4. The van der Waals surface area contributed by atoms with Gasteiger partial charge in [-0.05, 0) is 30.7 Å². The Morgan fingerprint density at radius 1 is 1.08 bits per heavy atom. The molecule has 0 atom stereocenters. The largest absolute Gasteiger partial charge is 0.369 e. The minimum atomic E-state index is -0.0768. The van der Waals surface area contributed by atoms with Crippen LogP contribution in [0.4, 0.5) is 11.4 Å². The zero-order valence-electron chi connectivity index (χ0n) is 14.4. The van der Waals surface area contributed by atoms with Gasteiger partial charge in [0.2, 0.25) is 5.91 Å². The Hall–Kier alpha value is -2.84. The van der Waals surface area contributed by atoms with Gasteiger partial charge in [0.25, 0.3) is 0 Å². The number of hydrogen-bond acceptors (Lipinski definition) is 4. The van der Waals surface area contributed by atoms with Crippen LogP contribution in [0.2, 0.25) is 0 Å². The number of para-hydroxylation sites is 2. The van der Waals surface area contributed by atoms with Gasteiger partial charge in [0.05, 0.1) is 17.8 Å². The van der Waals surface area contributed by atoms with E-state index in [-0.39, 0.29) is 5.91 Å². The fourth-order valence-electron chi connectivity index (χ4n) is 3.15. The van der Waals surface area contributed by atoms with Crippen LogP contribution in [0.3, 0.4) is 0 Å². The zero-order chi connectivity index (χ0) is 17.6. The smallest absolute Gasteiger partial charge is 0.238 e.